The summed E-state index contributed by atoms with van der Waals surface area (Å²) in [4.78, 5) is 2.44. The van der Waals surface area contributed by atoms with Gasteiger partial charge in [-0.25, -0.2) is 0 Å². The van der Waals surface area contributed by atoms with E-state index >= 15 is 0 Å². The first-order valence-electron chi connectivity index (χ1n) is 16.6. The summed E-state index contributed by atoms with van der Waals surface area (Å²) in [5.74, 6) is 0. The van der Waals surface area contributed by atoms with Crippen LogP contribution in [0, 0.1) is 0 Å². The molecule has 3 heteroatoms. The zero-order chi connectivity index (χ0) is 32.3. The molecule has 0 fully saturated rings. The van der Waals surface area contributed by atoms with Gasteiger partial charge >= 0.3 is 0 Å². The van der Waals surface area contributed by atoms with Gasteiger partial charge in [-0.1, -0.05) is 127 Å². The van der Waals surface area contributed by atoms with Crippen molar-refractivity contribution in [2.24, 2.45) is 0 Å². The molecular formula is C46H29NOS. The van der Waals surface area contributed by atoms with E-state index in [1.54, 1.807) is 0 Å². The Morgan fingerprint density at radius 3 is 1.90 bits per heavy atom. The van der Waals surface area contributed by atoms with Gasteiger partial charge in [-0.3, -0.25) is 0 Å². The lowest BCUT2D eigenvalue weighted by Crippen LogP contribution is -2.10. The fourth-order valence-corrected chi connectivity index (χ4v) is 8.54. The average Bonchev–Trinajstić information content (AvgIpc) is 3.74. The maximum atomic E-state index is 6.90. The monoisotopic (exact) mass is 643 g/mol. The van der Waals surface area contributed by atoms with Gasteiger partial charge < -0.3 is 9.32 Å². The minimum absolute atomic E-state index is 0.887. The van der Waals surface area contributed by atoms with Gasteiger partial charge in [0, 0.05) is 32.1 Å². The van der Waals surface area contributed by atoms with Crippen LogP contribution < -0.4 is 4.90 Å². The standard InChI is InChI=1S/C46H29NOS/c1-3-12-30(13-4-1)31-22-24-35(25-23-31)47(41-20-11-19-38-37-18-9-10-21-43(37)49-46(38)41)40-27-26-36(32-14-5-2-6-15-32)45-44(40)39-28-33-16-7-8-17-34(33)29-42(39)48-45/h1-29H. The largest absolute Gasteiger partial charge is 0.455 e. The molecule has 0 saturated heterocycles. The average molecular weight is 644 g/mol. The molecule has 2 aromatic heterocycles. The summed E-state index contributed by atoms with van der Waals surface area (Å²) >= 11 is 1.85. The highest BCUT2D eigenvalue weighted by molar-refractivity contribution is 7.26. The van der Waals surface area contributed by atoms with Gasteiger partial charge in [0.2, 0.25) is 0 Å². The summed E-state index contributed by atoms with van der Waals surface area (Å²) in [7, 11) is 0. The maximum absolute atomic E-state index is 6.90. The van der Waals surface area contributed by atoms with Gasteiger partial charge in [0.15, 0.2) is 0 Å². The Morgan fingerprint density at radius 1 is 0.449 bits per heavy atom. The number of hydrogen-bond acceptors (Lipinski definition) is 3. The first-order chi connectivity index (χ1) is 24.3. The third-order valence-electron chi connectivity index (χ3n) is 9.65. The lowest BCUT2D eigenvalue weighted by molar-refractivity contribution is 0.670. The molecular weight excluding hydrogens is 615 g/mol. The summed E-state index contributed by atoms with van der Waals surface area (Å²) in [5, 5.41) is 7.13. The zero-order valence-corrected chi connectivity index (χ0v) is 27.3. The van der Waals surface area contributed by atoms with Crippen LogP contribution in [0.3, 0.4) is 0 Å². The van der Waals surface area contributed by atoms with Crippen LogP contribution in [0.5, 0.6) is 0 Å². The van der Waals surface area contributed by atoms with Crippen molar-refractivity contribution >= 4 is 81.3 Å². The predicted octanol–water partition coefficient (Wildman–Crippen LogP) is 13.9. The molecule has 0 saturated carbocycles. The SMILES string of the molecule is c1ccc(-c2ccc(N(c3cccc4c3sc3ccccc34)c3ccc(-c4ccccc4)c4oc5cc6ccccc6cc5c34)cc2)cc1. The third-order valence-corrected chi connectivity index (χ3v) is 10.9. The normalized spacial score (nSPS) is 11.7. The molecule has 0 spiro atoms. The van der Waals surface area contributed by atoms with Crippen LogP contribution in [0.1, 0.15) is 0 Å². The minimum Gasteiger partial charge on any atom is -0.455 e. The number of benzene rings is 8. The van der Waals surface area contributed by atoms with Crippen molar-refractivity contribution in [1.29, 1.82) is 0 Å². The van der Waals surface area contributed by atoms with Crippen molar-refractivity contribution in [3.05, 3.63) is 176 Å². The van der Waals surface area contributed by atoms with Crippen LogP contribution in [-0.2, 0) is 0 Å². The zero-order valence-electron chi connectivity index (χ0n) is 26.5. The lowest BCUT2D eigenvalue weighted by atomic mass is 9.98. The lowest BCUT2D eigenvalue weighted by Gasteiger charge is -2.27. The van der Waals surface area contributed by atoms with Crippen molar-refractivity contribution in [3.63, 3.8) is 0 Å². The molecule has 0 aliphatic rings. The summed E-state index contributed by atoms with van der Waals surface area (Å²) in [6.45, 7) is 0. The Hall–Kier alpha value is -6.16. The quantitative estimate of drug-likeness (QED) is 0.186. The van der Waals surface area contributed by atoms with E-state index in [0.717, 1.165) is 50.1 Å². The van der Waals surface area contributed by atoms with Crippen LogP contribution in [-0.4, -0.2) is 0 Å². The van der Waals surface area contributed by atoms with Crippen molar-refractivity contribution in [2.45, 2.75) is 0 Å². The number of hydrogen-bond donors (Lipinski definition) is 0. The Balaban J connectivity index is 1.30. The third kappa shape index (κ3) is 4.55. The van der Waals surface area contributed by atoms with E-state index in [0.29, 0.717) is 0 Å². The number of rotatable bonds is 5. The van der Waals surface area contributed by atoms with E-state index in [-0.39, 0.29) is 0 Å². The number of anilines is 3. The van der Waals surface area contributed by atoms with E-state index in [9.17, 15) is 0 Å². The van der Waals surface area contributed by atoms with Crippen molar-refractivity contribution in [3.8, 4) is 22.3 Å². The molecule has 0 bridgehead atoms. The van der Waals surface area contributed by atoms with Gasteiger partial charge in [-0.2, -0.15) is 0 Å². The first-order valence-corrected chi connectivity index (χ1v) is 17.4. The van der Waals surface area contributed by atoms with Crippen LogP contribution in [0.15, 0.2) is 180 Å². The van der Waals surface area contributed by atoms with Gasteiger partial charge in [0.1, 0.15) is 11.2 Å². The molecule has 0 aliphatic heterocycles. The van der Waals surface area contributed by atoms with Gasteiger partial charge in [0.25, 0.3) is 0 Å². The number of fused-ring (bicyclic) bond motifs is 7. The summed E-state index contributed by atoms with van der Waals surface area (Å²) in [6.07, 6.45) is 0. The van der Waals surface area contributed by atoms with Crippen LogP contribution in [0.2, 0.25) is 0 Å². The van der Waals surface area contributed by atoms with Gasteiger partial charge in [-0.05, 0) is 76.0 Å². The van der Waals surface area contributed by atoms with Crippen LogP contribution in [0.4, 0.5) is 17.1 Å². The highest BCUT2D eigenvalue weighted by atomic mass is 32.1. The Kier molecular flexibility index (Phi) is 6.39. The Morgan fingerprint density at radius 2 is 1.10 bits per heavy atom. The summed E-state index contributed by atoms with van der Waals surface area (Å²) in [5.41, 5.74) is 9.71. The minimum atomic E-state index is 0.887. The predicted molar refractivity (Wildman–Crippen MR) is 210 cm³/mol. The highest BCUT2D eigenvalue weighted by Gasteiger charge is 2.24. The molecule has 10 aromatic rings. The molecule has 0 aliphatic carbocycles. The van der Waals surface area contributed by atoms with Crippen LogP contribution >= 0.6 is 11.3 Å². The number of nitrogens with zero attached hydrogens (tertiary/aromatic N) is 1. The molecule has 0 N–H and O–H groups in total. The molecule has 0 radical (unpaired) electrons. The van der Waals surface area contributed by atoms with E-state index in [1.807, 2.05) is 11.3 Å². The highest BCUT2D eigenvalue weighted by Crippen LogP contribution is 2.50. The molecule has 0 atom stereocenters. The Labute approximate surface area is 287 Å². The fourth-order valence-electron chi connectivity index (χ4n) is 7.33. The molecule has 0 unspecified atom stereocenters. The van der Waals surface area contributed by atoms with Crippen molar-refractivity contribution in [1.82, 2.24) is 0 Å². The van der Waals surface area contributed by atoms with E-state index < -0.39 is 0 Å². The molecule has 2 heterocycles. The van der Waals surface area contributed by atoms with E-state index in [2.05, 4.69) is 181 Å². The van der Waals surface area contributed by atoms with Crippen LogP contribution in [0.25, 0.3) is 75.1 Å². The Bertz CT molecular complexity index is 2810. The van der Waals surface area contributed by atoms with Gasteiger partial charge in [-0.15, -0.1) is 11.3 Å². The molecule has 2 nitrogen and oxygen atoms in total. The van der Waals surface area contributed by atoms with Gasteiger partial charge in [0.05, 0.1) is 21.5 Å². The van der Waals surface area contributed by atoms with E-state index in [1.165, 1.54) is 42.1 Å². The first kappa shape index (κ1) is 27.9. The second-order valence-electron chi connectivity index (χ2n) is 12.5. The molecule has 10 rings (SSSR count). The summed E-state index contributed by atoms with van der Waals surface area (Å²) < 4.78 is 9.44. The molecule has 49 heavy (non-hydrogen) atoms. The van der Waals surface area contributed by atoms with E-state index in [4.69, 9.17) is 4.42 Å². The number of furan rings is 1. The topological polar surface area (TPSA) is 16.4 Å². The molecule has 8 aromatic carbocycles. The number of thiophene rings is 1. The second kappa shape index (κ2) is 11.2. The van der Waals surface area contributed by atoms with Crippen molar-refractivity contribution < 1.29 is 4.42 Å². The smallest absolute Gasteiger partial charge is 0.145 e. The summed E-state index contributed by atoms with van der Waals surface area (Å²) in [6, 6.07) is 63.1. The molecule has 0 amide bonds. The fraction of sp³-hybridized carbons (Fsp3) is 0. The second-order valence-corrected chi connectivity index (χ2v) is 13.6. The molecule has 230 valence electrons. The maximum Gasteiger partial charge on any atom is 0.145 e. The van der Waals surface area contributed by atoms with Crippen molar-refractivity contribution in [2.75, 3.05) is 4.90 Å².